The van der Waals surface area contributed by atoms with E-state index in [2.05, 4.69) is 9.97 Å². The Balaban J connectivity index is 1.92. The Labute approximate surface area is 127 Å². The summed E-state index contributed by atoms with van der Waals surface area (Å²) in [5.41, 5.74) is 1.57. The van der Waals surface area contributed by atoms with Gasteiger partial charge in [-0.2, -0.15) is 0 Å². The molecule has 0 aliphatic carbocycles. The zero-order valence-corrected chi connectivity index (χ0v) is 12.5. The van der Waals surface area contributed by atoms with Gasteiger partial charge in [0.15, 0.2) is 11.0 Å². The summed E-state index contributed by atoms with van der Waals surface area (Å²) in [6, 6.07) is 7.61. The molecule has 2 heterocycles. The van der Waals surface area contributed by atoms with E-state index in [0.717, 1.165) is 30.4 Å². The molecule has 1 saturated heterocycles. The lowest BCUT2D eigenvalue weighted by Gasteiger charge is -2.32. The number of hydrogen-bond acceptors (Lipinski definition) is 5. The van der Waals surface area contributed by atoms with E-state index >= 15 is 0 Å². The number of benzene rings is 1. The fraction of sp³-hybridized carbons (Fsp3) is 0.400. The fourth-order valence-corrected chi connectivity index (χ4v) is 2.95. The molecule has 0 saturated carbocycles. The van der Waals surface area contributed by atoms with E-state index in [-0.39, 0.29) is 11.9 Å². The summed E-state index contributed by atoms with van der Waals surface area (Å²) in [5.74, 6) is 0.335. The monoisotopic (exact) mass is 305 g/mol. The Hall–Kier alpha value is -1.88. The highest BCUT2D eigenvalue weighted by molar-refractivity contribution is 6.32. The first-order valence-corrected chi connectivity index (χ1v) is 7.32. The van der Waals surface area contributed by atoms with Gasteiger partial charge in [-0.25, -0.2) is 9.97 Å². The van der Waals surface area contributed by atoms with Crippen LogP contribution in [-0.2, 0) is 9.53 Å². The number of nitrogens with zero attached hydrogens (tertiary/aromatic N) is 3. The summed E-state index contributed by atoms with van der Waals surface area (Å²) in [6.45, 7) is 1.39. The minimum absolute atomic E-state index is 0.131. The number of ether oxygens (including phenoxy) is 1. The van der Waals surface area contributed by atoms with Crippen LogP contribution >= 0.6 is 11.6 Å². The SMILES string of the molecule is COC(=O)C1CCCN(c2nc3ccccc3nc2Cl)C1. The van der Waals surface area contributed by atoms with Crippen LogP contribution < -0.4 is 4.90 Å². The summed E-state index contributed by atoms with van der Waals surface area (Å²) < 4.78 is 4.84. The van der Waals surface area contributed by atoms with Gasteiger partial charge in [0, 0.05) is 13.1 Å². The van der Waals surface area contributed by atoms with Crippen LogP contribution in [0.5, 0.6) is 0 Å². The lowest BCUT2D eigenvalue weighted by molar-refractivity contribution is -0.145. The number of rotatable bonds is 2. The average Bonchev–Trinajstić information content (AvgIpc) is 2.53. The molecule has 1 fully saturated rings. The molecular formula is C15H16ClN3O2. The van der Waals surface area contributed by atoms with Crippen molar-refractivity contribution in [3.8, 4) is 0 Å². The van der Waals surface area contributed by atoms with Crippen LogP contribution in [0.4, 0.5) is 5.82 Å². The Kier molecular flexibility index (Phi) is 3.92. The summed E-state index contributed by atoms with van der Waals surface area (Å²) in [5, 5.41) is 0.374. The van der Waals surface area contributed by atoms with Crippen LogP contribution in [0.1, 0.15) is 12.8 Å². The van der Waals surface area contributed by atoms with Crippen molar-refractivity contribution in [2.75, 3.05) is 25.1 Å². The van der Waals surface area contributed by atoms with Crippen LogP contribution in [0.25, 0.3) is 11.0 Å². The number of esters is 1. The largest absolute Gasteiger partial charge is 0.469 e. The molecule has 1 aliphatic rings. The molecule has 0 spiro atoms. The first-order chi connectivity index (χ1) is 10.2. The van der Waals surface area contributed by atoms with Crippen LogP contribution in [0.15, 0.2) is 24.3 Å². The predicted molar refractivity (Wildman–Crippen MR) is 81.5 cm³/mol. The number of methoxy groups -OCH3 is 1. The van der Waals surface area contributed by atoms with Gasteiger partial charge in [0.25, 0.3) is 0 Å². The third kappa shape index (κ3) is 2.78. The topological polar surface area (TPSA) is 55.3 Å². The van der Waals surface area contributed by atoms with Crippen LogP contribution in [0.3, 0.4) is 0 Å². The summed E-state index contributed by atoms with van der Waals surface area (Å²) in [6.07, 6.45) is 1.74. The minimum Gasteiger partial charge on any atom is -0.469 e. The van der Waals surface area contributed by atoms with Crippen molar-refractivity contribution in [1.82, 2.24) is 9.97 Å². The number of anilines is 1. The van der Waals surface area contributed by atoms with Gasteiger partial charge in [0.1, 0.15) is 0 Å². The van der Waals surface area contributed by atoms with Crippen molar-refractivity contribution in [2.24, 2.45) is 5.92 Å². The van der Waals surface area contributed by atoms with E-state index in [4.69, 9.17) is 16.3 Å². The Morgan fingerprint density at radius 2 is 2.05 bits per heavy atom. The van der Waals surface area contributed by atoms with Crippen molar-refractivity contribution in [3.63, 3.8) is 0 Å². The summed E-state index contributed by atoms with van der Waals surface area (Å²) in [4.78, 5) is 22.7. The number of aromatic nitrogens is 2. The van der Waals surface area contributed by atoms with Crippen molar-refractivity contribution in [2.45, 2.75) is 12.8 Å². The van der Waals surface area contributed by atoms with Crippen molar-refractivity contribution in [1.29, 1.82) is 0 Å². The molecule has 1 atom stereocenters. The Morgan fingerprint density at radius 1 is 1.33 bits per heavy atom. The maximum atomic E-state index is 11.7. The van der Waals surface area contributed by atoms with E-state index in [1.54, 1.807) is 0 Å². The van der Waals surface area contributed by atoms with Crippen molar-refractivity contribution in [3.05, 3.63) is 29.4 Å². The highest BCUT2D eigenvalue weighted by atomic mass is 35.5. The molecule has 1 aromatic carbocycles. The zero-order valence-electron chi connectivity index (χ0n) is 11.8. The van der Waals surface area contributed by atoms with Gasteiger partial charge in [-0.15, -0.1) is 0 Å². The first-order valence-electron chi connectivity index (χ1n) is 6.94. The van der Waals surface area contributed by atoms with E-state index in [1.807, 2.05) is 29.2 Å². The average molecular weight is 306 g/mol. The van der Waals surface area contributed by atoms with Gasteiger partial charge in [0.2, 0.25) is 0 Å². The third-order valence-corrected chi connectivity index (χ3v) is 4.02. The smallest absolute Gasteiger partial charge is 0.310 e. The van der Waals surface area contributed by atoms with Gasteiger partial charge in [-0.05, 0) is 25.0 Å². The highest BCUT2D eigenvalue weighted by Crippen LogP contribution is 2.29. The predicted octanol–water partition coefficient (Wildman–Crippen LogP) is 2.67. The number of carbonyl (C=O) groups excluding carboxylic acids is 1. The van der Waals surface area contributed by atoms with Crippen LogP contribution in [0.2, 0.25) is 5.15 Å². The van der Waals surface area contributed by atoms with E-state index in [1.165, 1.54) is 7.11 Å². The highest BCUT2D eigenvalue weighted by Gasteiger charge is 2.28. The van der Waals surface area contributed by atoms with Crippen molar-refractivity contribution >= 4 is 34.4 Å². The lowest BCUT2D eigenvalue weighted by atomic mass is 9.98. The third-order valence-electron chi connectivity index (χ3n) is 3.77. The molecule has 5 nitrogen and oxygen atoms in total. The quantitative estimate of drug-likeness (QED) is 0.798. The molecule has 110 valence electrons. The molecule has 0 bridgehead atoms. The first kappa shape index (κ1) is 14.1. The Morgan fingerprint density at radius 3 is 2.76 bits per heavy atom. The maximum absolute atomic E-state index is 11.7. The summed E-state index contributed by atoms with van der Waals surface area (Å²) in [7, 11) is 1.42. The fourth-order valence-electron chi connectivity index (χ4n) is 2.70. The number of piperidine rings is 1. The molecule has 1 aromatic heterocycles. The lowest BCUT2D eigenvalue weighted by Crippen LogP contribution is -2.39. The van der Waals surface area contributed by atoms with E-state index < -0.39 is 0 Å². The molecule has 0 radical (unpaired) electrons. The van der Waals surface area contributed by atoms with E-state index in [9.17, 15) is 4.79 Å². The summed E-state index contributed by atoms with van der Waals surface area (Å²) >= 11 is 6.27. The minimum atomic E-state index is -0.176. The molecule has 3 rings (SSSR count). The van der Waals surface area contributed by atoms with Crippen LogP contribution in [0, 0.1) is 5.92 Å². The normalized spacial score (nSPS) is 18.8. The molecule has 0 amide bonds. The van der Waals surface area contributed by atoms with Gasteiger partial charge >= 0.3 is 5.97 Å². The van der Waals surface area contributed by atoms with Gasteiger partial charge in [0.05, 0.1) is 24.1 Å². The zero-order chi connectivity index (χ0) is 14.8. The molecule has 0 N–H and O–H groups in total. The van der Waals surface area contributed by atoms with Crippen molar-refractivity contribution < 1.29 is 9.53 Å². The second kappa shape index (κ2) is 5.85. The van der Waals surface area contributed by atoms with E-state index in [0.29, 0.717) is 17.5 Å². The maximum Gasteiger partial charge on any atom is 0.310 e. The van der Waals surface area contributed by atoms with Gasteiger partial charge < -0.3 is 9.64 Å². The number of para-hydroxylation sites is 2. The number of carbonyl (C=O) groups is 1. The van der Waals surface area contributed by atoms with Gasteiger partial charge in [-0.1, -0.05) is 23.7 Å². The standard InChI is InChI=1S/C15H16ClN3O2/c1-21-15(20)10-5-4-8-19(9-10)14-13(16)17-11-6-2-3-7-12(11)18-14/h2-3,6-7,10H,4-5,8-9H2,1H3. The molecular weight excluding hydrogens is 290 g/mol. The number of halogens is 1. The Bertz CT molecular complexity index is 677. The molecule has 1 unspecified atom stereocenters. The molecule has 21 heavy (non-hydrogen) atoms. The molecule has 2 aromatic rings. The van der Waals surface area contributed by atoms with Crippen LogP contribution in [-0.4, -0.2) is 36.1 Å². The molecule has 1 aliphatic heterocycles. The molecule has 6 heteroatoms. The number of fused-ring (bicyclic) bond motifs is 1. The second-order valence-electron chi connectivity index (χ2n) is 5.14. The number of hydrogen-bond donors (Lipinski definition) is 0. The second-order valence-corrected chi connectivity index (χ2v) is 5.49. The van der Waals surface area contributed by atoms with Gasteiger partial charge in [-0.3, -0.25) is 4.79 Å².